The highest BCUT2D eigenvalue weighted by atomic mass is 19.1. The number of hydrogen-bond acceptors (Lipinski definition) is 6. The van der Waals surface area contributed by atoms with Gasteiger partial charge in [0.05, 0.1) is 18.7 Å². The Hall–Kier alpha value is -1.99. The van der Waals surface area contributed by atoms with Gasteiger partial charge in [0.1, 0.15) is 12.1 Å². The van der Waals surface area contributed by atoms with Crippen LogP contribution in [0.2, 0.25) is 0 Å². The van der Waals surface area contributed by atoms with E-state index in [2.05, 4.69) is 26.7 Å². The van der Waals surface area contributed by atoms with Crippen molar-refractivity contribution in [2.45, 2.75) is 26.0 Å². The van der Waals surface area contributed by atoms with Gasteiger partial charge >= 0.3 is 0 Å². The van der Waals surface area contributed by atoms with E-state index < -0.39 is 5.82 Å². The molecule has 2 unspecified atom stereocenters. The molecule has 3 rings (SSSR count). The Kier molecular flexibility index (Phi) is 4.82. The quantitative estimate of drug-likeness (QED) is 0.918. The molecule has 24 heavy (non-hydrogen) atoms. The van der Waals surface area contributed by atoms with Crippen LogP contribution in [0.1, 0.15) is 13.8 Å². The van der Waals surface area contributed by atoms with E-state index in [0.29, 0.717) is 12.1 Å². The second kappa shape index (κ2) is 6.86. The van der Waals surface area contributed by atoms with Crippen LogP contribution in [0.15, 0.2) is 18.5 Å². The van der Waals surface area contributed by atoms with Crippen LogP contribution >= 0.6 is 0 Å². The molecule has 6 nitrogen and oxygen atoms in total. The van der Waals surface area contributed by atoms with Gasteiger partial charge in [0.2, 0.25) is 0 Å². The van der Waals surface area contributed by atoms with Gasteiger partial charge < -0.3 is 14.7 Å². The van der Waals surface area contributed by atoms with Crippen LogP contribution < -0.4 is 9.64 Å². The largest absolute Gasteiger partial charge is 0.494 e. The summed E-state index contributed by atoms with van der Waals surface area (Å²) in [4.78, 5) is 13.1. The number of rotatable bonds is 4. The van der Waals surface area contributed by atoms with Gasteiger partial charge in [-0.2, -0.15) is 0 Å². The SMILES string of the molecule is COc1cc2c(N3CCN(CC(C)O)CC3C)ncnc2cc1F. The second-order valence-electron chi connectivity index (χ2n) is 6.35. The smallest absolute Gasteiger partial charge is 0.167 e. The van der Waals surface area contributed by atoms with Gasteiger partial charge in [-0.25, -0.2) is 14.4 Å². The van der Waals surface area contributed by atoms with Gasteiger partial charge in [0, 0.05) is 43.7 Å². The van der Waals surface area contributed by atoms with E-state index in [4.69, 9.17) is 4.74 Å². The number of benzene rings is 1. The molecular formula is C17H23FN4O2. The summed E-state index contributed by atoms with van der Waals surface area (Å²) in [5.41, 5.74) is 0.567. The minimum atomic E-state index is -0.426. The number of β-amino-alcohol motifs (C(OH)–C–C–N with tert-alkyl or cyclic N) is 1. The van der Waals surface area contributed by atoms with Crippen LogP contribution in [-0.2, 0) is 0 Å². The van der Waals surface area contributed by atoms with Crippen LogP contribution in [0.25, 0.3) is 10.9 Å². The highest BCUT2D eigenvalue weighted by Crippen LogP contribution is 2.31. The van der Waals surface area contributed by atoms with Crippen LogP contribution in [-0.4, -0.2) is 65.4 Å². The van der Waals surface area contributed by atoms with E-state index in [0.717, 1.165) is 30.8 Å². The first kappa shape index (κ1) is 16.9. The molecule has 130 valence electrons. The van der Waals surface area contributed by atoms with Gasteiger partial charge in [0.15, 0.2) is 11.6 Å². The molecule has 1 saturated heterocycles. The van der Waals surface area contributed by atoms with Crippen LogP contribution in [0, 0.1) is 5.82 Å². The number of piperazine rings is 1. The Bertz CT molecular complexity index is 725. The lowest BCUT2D eigenvalue weighted by molar-refractivity contribution is 0.114. The highest BCUT2D eigenvalue weighted by molar-refractivity contribution is 5.90. The van der Waals surface area contributed by atoms with Gasteiger partial charge in [-0.1, -0.05) is 0 Å². The summed E-state index contributed by atoms with van der Waals surface area (Å²) in [6.45, 7) is 7.08. The maximum absolute atomic E-state index is 13.9. The normalized spacial score (nSPS) is 20.4. The Balaban J connectivity index is 1.92. The van der Waals surface area contributed by atoms with Crippen molar-refractivity contribution in [2.75, 3.05) is 38.2 Å². The van der Waals surface area contributed by atoms with Crippen molar-refractivity contribution in [2.24, 2.45) is 0 Å². The fraction of sp³-hybridized carbons (Fsp3) is 0.529. The average Bonchev–Trinajstić information content (AvgIpc) is 2.53. The summed E-state index contributed by atoms with van der Waals surface area (Å²) in [6, 6.07) is 3.27. The van der Waals surface area contributed by atoms with E-state index in [-0.39, 0.29) is 17.9 Å². The molecule has 0 amide bonds. The Morgan fingerprint density at radius 2 is 2.17 bits per heavy atom. The summed E-state index contributed by atoms with van der Waals surface area (Å²) in [5.74, 6) is 0.561. The van der Waals surface area contributed by atoms with E-state index in [9.17, 15) is 9.50 Å². The molecule has 0 bridgehead atoms. The Morgan fingerprint density at radius 1 is 1.38 bits per heavy atom. The summed E-state index contributed by atoms with van der Waals surface area (Å²) < 4.78 is 19.0. The minimum Gasteiger partial charge on any atom is -0.494 e. The molecule has 7 heteroatoms. The van der Waals surface area contributed by atoms with Crippen LogP contribution in [0.3, 0.4) is 0 Å². The second-order valence-corrected chi connectivity index (χ2v) is 6.35. The molecule has 1 fully saturated rings. The topological polar surface area (TPSA) is 61.7 Å². The third-order valence-electron chi connectivity index (χ3n) is 4.39. The molecule has 1 aliphatic heterocycles. The number of halogens is 1. The lowest BCUT2D eigenvalue weighted by Crippen LogP contribution is -2.53. The number of anilines is 1. The van der Waals surface area contributed by atoms with Gasteiger partial charge in [-0.3, -0.25) is 4.90 Å². The number of hydrogen-bond donors (Lipinski definition) is 1. The molecule has 2 heterocycles. The number of methoxy groups -OCH3 is 1. The van der Waals surface area contributed by atoms with Crippen molar-refractivity contribution in [3.63, 3.8) is 0 Å². The first-order valence-corrected chi connectivity index (χ1v) is 8.15. The van der Waals surface area contributed by atoms with Crippen molar-refractivity contribution >= 4 is 16.7 Å². The van der Waals surface area contributed by atoms with Crippen molar-refractivity contribution in [3.8, 4) is 5.75 Å². The van der Waals surface area contributed by atoms with Crippen molar-refractivity contribution in [1.82, 2.24) is 14.9 Å². The highest BCUT2D eigenvalue weighted by Gasteiger charge is 2.27. The van der Waals surface area contributed by atoms with Crippen molar-refractivity contribution in [3.05, 3.63) is 24.3 Å². The van der Waals surface area contributed by atoms with Crippen LogP contribution in [0.4, 0.5) is 10.2 Å². The maximum atomic E-state index is 13.9. The number of aliphatic hydroxyl groups is 1. The van der Waals surface area contributed by atoms with Gasteiger partial charge in [-0.15, -0.1) is 0 Å². The Labute approximate surface area is 140 Å². The summed E-state index contributed by atoms with van der Waals surface area (Å²) >= 11 is 0. The fourth-order valence-corrected chi connectivity index (χ4v) is 3.32. The van der Waals surface area contributed by atoms with E-state index in [1.54, 1.807) is 13.0 Å². The molecular weight excluding hydrogens is 311 g/mol. The number of ether oxygens (including phenoxy) is 1. The minimum absolute atomic E-state index is 0.193. The van der Waals surface area contributed by atoms with Gasteiger partial charge in [-0.05, 0) is 19.9 Å². The maximum Gasteiger partial charge on any atom is 0.167 e. The Morgan fingerprint density at radius 3 is 2.83 bits per heavy atom. The first-order valence-electron chi connectivity index (χ1n) is 8.15. The molecule has 2 aromatic rings. The molecule has 1 aromatic carbocycles. The molecule has 1 N–H and O–H groups in total. The summed E-state index contributed by atoms with van der Waals surface area (Å²) in [6.07, 6.45) is 1.13. The lowest BCUT2D eigenvalue weighted by Gasteiger charge is -2.41. The third-order valence-corrected chi connectivity index (χ3v) is 4.39. The summed E-state index contributed by atoms with van der Waals surface area (Å²) in [7, 11) is 1.45. The lowest BCUT2D eigenvalue weighted by atomic mass is 10.1. The monoisotopic (exact) mass is 334 g/mol. The molecule has 1 aromatic heterocycles. The molecule has 0 spiro atoms. The van der Waals surface area contributed by atoms with E-state index in [1.807, 2.05) is 0 Å². The summed E-state index contributed by atoms with van der Waals surface area (Å²) in [5, 5.41) is 10.4. The predicted octanol–water partition coefficient (Wildman–Crippen LogP) is 1.67. The third kappa shape index (κ3) is 3.27. The number of fused-ring (bicyclic) bond motifs is 1. The zero-order valence-corrected chi connectivity index (χ0v) is 14.2. The molecule has 2 atom stereocenters. The molecule has 1 aliphatic rings. The molecule has 0 radical (unpaired) electrons. The zero-order chi connectivity index (χ0) is 17.3. The predicted molar refractivity (Wildman–Crippen MR) is 91.0 cm³/mol. The standard InChI is InChI=1S/C17H23FN4O2/c1-11-8-21(9-12(2)23)4-5-22(11)17-13-6-16(24-3)14(18)7-15(13)19-10-20-17/h6-7,10-12,23H,4-5,8-9H2,1-3H3. The van der Waals surface area contributed by atoms with Crippen molar-refractivity contribution in [1.29, 1.82) is 0 Å². The zero-order valence-electron chi connectivity index (χ0n) is 14.2. The number of aliphatic hydroxyl groups excluding tert-OH is 1. The van der Waals surface area contributed by atoms with Crippen LogP contribution in [0.5, 0.6) is 5.75 Å². The molecule has 0 saturated carbocycles. The van der Waals surface area contributed by atoms with Gasteiger partial charge in [0.25, 0.3) is 0 Å². The molecule has 0 aliphatic carbocycles. The van der Waals surface area contributed by atoms with E-state index >= 15 is 0 Å². The fourth-order valence-electron chi connectivity index (χ4n) is 3.32. The number of nitrogens with zero attached hydrogens (tertiary/aromatic N) is 4. The van der Waals surface area contributed by atoms with E-state index in [1.165, 1.54) is 19.5 Å². The van der Waals surface area contributed by atoms with Crippen molar-refractivity contribution < 1.29 is 14.2 Å². The number of aromatic nitrogens is 2. The first-order chi connectivity index (χ1) is 11.5. The average molecular weight is 334 g/mol.